The normalized spacial score (nSPS) is 11.5. The number of aromatic nitrogens is 3. The van der Waals surface area contributed by atoms with Crippen LogP contribution in [0.3, 0.4) is 0 Å². The summed E-state index contributed by atoms with van der Waals surface area (Å²) in [6.45, 7) is 1.77. The second-order valence-corrected chi connectivity index (χ2v) is 6.49. The van der Waals surface area contributed by atoms with Crippen molar-refractivity contribution in [2.45, 2.75) is 6.92 Å². The van der Waals surface area contributed by atoms with Crippen LogP contribution < -0.4 is 0 Å². The largest absolute Gasteiger partial charge is 0.493 e. The number of halogens is 1. The van der Waals surface area contributed by atoms with Crippen LogP contribution in [-0.2, 0) is 0 Å². The molecule has 0 spiro atoms. The summed E-state index contributed by atoms with van der Waals surface area (Å²) in [5.74, 6) is 0.157. The minimum absolute atomic E-state index is 0.157. The van der Waals surface area contributed by atoms with E-state index in [-0.39, 0.29) is 5.88 Å². The van der Waals surface area contributed by atoms with Gasteiger partial charge in [0.05, 0.1) is 21.6 Å². The molecule has 0 radical (unpaired) electrons. The van der Waals surface area contributed by atoms with E-state index < -0.39 is 0 Å². The molecule has 4 aromatic rings. The molecule has 3 heterocycles. The molecule has 0 saturated heterocycles. The fraction of sp³-hybridized carbons (Fsp3) is 0.0667. The minimum atomic E-state index is 0.157. The van der Waals surface area contributed by atoms with Crippen molar-refractivity contribution in [3.8, 4) is 16.3 Å². The standard InChI is InChI=1S/C15H10ClN3OS/c1-8-15(20)19-11-3-2-9(12-4-5-13(16)21-12)6-10(11)17-7-14(19)18-8/h2-7,20H,1H3. The van der Waals surface area contributed by atoms with Crippen LogP contribution in [0.2, 0.25) is 4.34 Å². The van der Waals surface area contributed by atoms with Crippen molar-refractivity contribution in [2.24, 2.45) is 0 Å². The summed E-state index contributed by atoms with van der Waals surface area (Å²) in [5.41, 5.74) is 3.93. The van der Waals surface area contributed by atoms with Crippen molar-refractivity contribution in [1.82, 2.24) is 14.4 Å². The van der Waals surface area contributed by atoms with Crippen molar-refractivity contribution in [3.63, 3.8) is 0 Å². The molecule has 4 rings (SSSR count). The summed E-state index contributed by atoms with van der Waals surface area (Å²) in [5, 5.41) is 10.1. The van der Waals surface area contributed by atoms with Crippen LogP contribution in [0.1, 0.15) is 5.69 Å². The highest BCUT2D eigenvalue weighted by Gasteiger charge is 2.12. The Balaban J connectivity index is 2.01. The van der Waals surface area contributed by atoms with Crippen LogP contribution in [0.15, 0.2) is 36.5 Å². The first kappa shape index (κ1) is 12.6. The Morgan fingerprint density at radius 2 is 2.10 bits per heavy atom. The number of thiophene rings is 1. The number of hydrogen-bond acceptors (Lipinski definition) is 4. The molecule has 0 unspecified atom stereocenters. The van der Waals surface area contributed by atoms with Gasteiger partial charge in [-0.1, -0.05) is 17.7 Å². The van der Waals surface area contributed by atoms with Gasteiger partial charge in [0.1, 0.15) is 5.69 Å². The molecule has 0 atom stereocenters. The molecule has 0 aliphatic rings. The van der Waals surface area contributed by atoms with Crippen LogP contribution in [0.25, 0.3) is 27.1 Å². The first-order chi connectivity index (χ1) is 10.1. The summed E-state index contributed by atoms with van der Waals surface area (Å²) in [6.07, 6.45) is 1.67. The van der Waals surface area contributed by atoms with E-state index in [4.69, 9.17) is 11.6 Å². The molecule has 1 aromatic carbocycles. The molecule has 4 nitrogen and oxygen atoms in total. The average Bonchev–Trinajstić information content (AvgIpc) is 3.03. The van der Waals surface area contributed by atoms with Crippen LogP contribution in [-0.4, -0.2) is 19.5 Å². The highest BCUT2D eigenvalue weighted by atomic mass is 35.5. The Morgan fingerprint density at radius 3 is 2.86 bits per heavy atom. The Bertz CT molecular complexity index is 989. The Morgan fingerprint density at radius 1 is 1.24 bits per heavy atom. The maximum atomic E-state index is 10.1. The SMILES string of the molecule is Cc1nc2cnc3cc(-c4ccc(Cl)s4)ccc3n2c1O. The molecule has 6 heteroatoms. The molecule has 0 bridgehead atoms. The fourth-order valence-corrected chi connectivity index (χ4v) is 3.47. The number of hydrogen-bond donors (Lipinski definition) is 1. The van der Waals surface area contributed by atoms with Gasteiger partial charge in [-0.25, -0.2) is 4.98 Å². The quantitative estimate of drug-likeness (QED) is 0.570. The molecule has 0 fully saturated rings. The number of aryl methyl sites for hydroxylation is 1. The number of imidazole rings is 1. The monoisotopic (exact) mass is 315 g/mol. The van der Waals surface area contributed by atoms with Gasteiger partial charge in [0.15, 0.2) is 5.65 Å². The molecule has 0 aliphatic heterocycles. The fourth-order valence-electron chi connectivity index (χ4n) is 2.43. The third kappa shape index (κ3) is 1.89. The molecule has 0 aliphatic carbocycles. The van der Waals surface area contributed by atoms with Gasteiger partial charge in [0.25, 0.3) is 0 Å². The lowest BCUT2D eigenvalue weighted by Gasteiger charge is -2.04. The number of benzene rings is 1. The van der Waals surface area contributed by atoms with Crippen LogP contribution in [0.4, 0.5) is 0 Å². The lowest BCUT2D eigenvalue weighted by molar-refractivity contribution is 0.446. The third-order valence-corrected chi connectivity index (χ3v) is 4.72. The van der Waals surface area contributed by atoms with E-state index in [2.05, 4.69) is 9.97 Å². The van der Waals surface area contributed by atoms with Crippen LogP contribution in [0, 0.1) is 6.92 Å². The summed E-state index contributed by atoms with van der Waals surface area (Å²) < 4.78 is 2.47. The molecular formula is C15H10ClN3OS. The molecular weight excluding hydrogens is 306 g/mol. The molecule has 0 saturated carbocycles. The maximum absolute atomic E-state index is 10.1. The predicted molar refractivity (Wildman–Crippen MR) is 85.2 cm³/mol. The highest BCUT2D eigenvalue weighted by molar-refractivity contribution is 7.19. The lowest BCUT2D eigenvalue weighted by Crippen LogP contribution is -1.91. The second-order valence-electron chi connectivity index (χ2n) is 4.78. The van der Waals surface area contributed by atoms with Gasteiger partial charge in [-0.15, -0.1) is 11.3 Å². The number of fused-ring (bicyclic) bond motifs is 3. The number of nitrogens with zero attached hydrogens (tertiary/aromatic N) is 3. The smallest absolute Gasteiger partial charge is 0.219 e. The molecule has 0 amide bonds. The summed E-state index contributed by atoms with van der Waals surface area (Å²) in [6, 6.07) is 9.81. The van der Waals surface area contributed by atoms with Crippen molar-refractivity contribution in [3.05, 3.63) is 46.6 Å². The van der Waals surface area contributed by atoms with Gasteiger partial charge in [-0.2, -0.15) is 0 Å². The van der Waals surface area contributed by atoms with E-state index in [1.165, 1.54) is 11.3 Å². The van der Waals surface area contributed by atoms with Gasteiger partial charge in [-0.3, -0.25) is 9.38 Å². The zero-order chi connectivity index (χ0) is 14.6. The summed E-state index contributed by atoms with van der Waals surface area (Å²) in [4.78, 5) is 9.81. The van der Waals surface area contributed by atoms with Crippen LogP contribution in [0.5, 0.6) is 5.88 Å². The summed E-state index contributed by atoms with van der Waals surface area (Å²) in [7, 11) is 0. The first-order valence-electron chi connectivity index (χ1n) is 6.36. The van der Waals surface area contributed by atoms with E-state index >= 15 is 0 Å². The minimum Gasteiger partial charge on any atom is -0.493 e. The molecule has 21 heavy (non-hydrogen) atoms. The second kappa shape index (κ2) is 4.44. The summed E-state index contributed by atoms with van der Waals surface area (Å²) >= 11 is 7.52. The number of aromatic hydroxyl groups is 1. The highest BCUT2D eigenvalue weighted by Crippen LogP contribution is 2.33. The molecule has 1 N–H and O–H groups in total. The van der Waals surface area contributed by atoms with Crippen molar-refractivity contribution < 1.29 is 5.11 Å². The van der Waals surface area contributed by atoms with Gasteiger partial charge >= 0.3 is 0 Å². The van der Waals surface area contributed by atoms with Crippen LogP contribution >= 0.6 is 22.9 Å². The van der Waals surface area contributed by atoms with Crippen molar-refractivity contribution in [2.75, 3.05) is 0 Å². The van der Waals surface area contributed by atoms with Gasteiger partial charge in [0.2, 0.25) is 5.88 Å². The zero-order valence-electron chi connectivity index (χ0n) is 11.0. The Kier molecular flexibility index (Phi) is 2.67. The number of rotatable bonds is 1. The third-order valence-electron chi connectivity index (χ3n) is 3.44. The van der Waals surface area contributed by atoms with E-state index in [0.717, 1.165) is 25.8 Å². The van der Waals surface area contributed by atoms with E-state index in [9.17, 15) is 5.11 Å². The Labute approximate surface area is 129 Å². The Hall–Kier alpha value is -2.11. The molecule has 104 valence electrons. The predicted octanol–water partition coefficient (Wildman–Crippen LogP) is 4.28. The average molecular weight is 316 g/mol. The van der Waals surface area contributed by atoms with Gasteiger partial charge in [-0.05, 0) is 36.8 Å². The topological polar surface area (TPSA) is 50.4 Å². The molecule has 3 aromatic heterocycles. The van der Waals surface area contributed by atoms with E-state index in [1.807, 2.05) is 30.3 Å². The first-order valence-corrected chi connectivity index (χ1v) is 7.55. The van der Waals surface area contributed by atoms with Crippen molar-refractivity contribution >= 4 is 39.6 Å². The lowest BCUT2D eigenvalue weighted by atomic mass is 10.1. The van der Waals surface area contributed by atoms with E-state index in [0.29, 0.717) is 11.3 Å². The zero-order valence-corrected chi connectivity index (χ0v) is 12.6. The van der Waals surface area contributed by atoms with Gasteiger partial charge in [0, 0.05) is 4.88 Å². The maximum Gasteiger partial charge on any atom is 0.219 e. The van der Waals surface area contributed by atoms with E-state index in [1.54, 1.807) is 17.5 Å². The van der Waals surface area contributed by atoms with Crippen molar-refractivity contribution in [1.29, 1.82) is 0 Å². The van der Waals surface area contributed by atoms with Gasteiger partial charge < -0.3 is 5.11 Å².